The van der Waals surface area contributed by atoms with Crippen LogP contribution in [0.15, 0.2) is 41.1 Å². The standard InChI is InChI=1S/C15H15NO/c1-2-4-15-12(3-1)14(10-17-15)13-9-16-7-5-11(13)6-8-16/h1-4,9-11H,5-8H2/p+1. The van der Waals surface area contributed by atoms with Gasteiger partial charge in [-0.1, -0.05) is 18.2 Å². The van der Waals surface area contributed by atoms with E-state index >= 15 is 0 Å². The number of hydrogen-bond acceptors (Lipinski definition) is 1. The number of para-hydroxylation sites is 1. The van der Waals surface area contributed by atoms with E-state index in [0.717, 1.165) is 11.5 Å². The molecule has 0 spiro atoms. The van der Waals surface area contributed by atoms with Crippen molar-refractivity contribution in [1.82, 2.24) is 0 Å². The summed E-state index contributed by atoms with van der Waals surface area (Å²) in [5.41, 5.74) is 3.85. The maximum atomic E-state index is 5.66. The Morgan fingerprint density at radius 1 is 1.12 bits per heavy atom. The average molecular weight is 226 g/mol. The van der Waals surface area contributed by atoms with Gasteiger partial charge in [0.1, 0.15) is 5.58 Å². The van der Waals surface area contributed by atoms with Crippen molar-refractivity contribution in [3.8, 4) is 0 Å². The van der Waals surface area contributed by atoms with E-state index in [-0.39, 0.29) is 0 Å². The van der Waals surface area contributed by atoms with Gasteiger partial charge in [0.2, 0.25) is 0 Å². The summed E-state index contributed by atoms with van der Waals surface area (Å²) in [7, 11) is 0. The van der Waals surface area contributed by atoms with E-state index in [1.54, 1.807) is 4.90 Å². The number of quaternary nitrogens is 1. The van der Waals surface area contributed by atoms with Gasteiger partial charge in [-0.25, -0.2) is 0 Å². The first-order valence-corrected chi connectivity index (χ1v) is 6.45. The molecule has 1 aromatic heterocycles. The number of piperidine rings is 1. The Hall–Kier alpha value is -1.54. The Balaban J connectivity index is 1.89. The van der Waals surface area contributed by atoms with Crippen LogP contribution >= 0.6 is 0 Å². The summed E-state index contributed by atoms with van der Waals surface area (Å²) < 4.78 is 5.66. The van der Waals surface area contributed by atoms with Gasteiger partial charge in [0, 0.05) is 35.3 Å². The van der Waals surface area contributed by atoms with Crippen molar-refractivity contribution in [2.24, 2.45) is 5.92 Å². The molecule has 1 aromatic carbocycles. The minimum atomic E-state index is 0.758. The van der Waals surface area contributed by atoms with Gasteiger partial charge in [-0.05, 0) is 6.07 Å². The number of allylic oxidation sites excluding steroid dienone is 1. The molecule has 1 saturated heterocycles. The summed E-state index contributed by atoms with van der Waals surface area (Å²) in [5, 5.41) is 1.27. The smallest absolute Gasteiger partial charge is 0.134 e. The SMILES string of the molecule is C1=C(c2coc3ccccc23)C2CC[NH+]1CC2. The molecule has 1 N–H and O–H groups in total. The molecule has 0 saturated carbocycles. The number of hydrogen-bond donors (Lipinski definition) is 1. The first-order valence-electron chi connectivity index (χ1n) is 6.45. The molecule has 2 aromatic rings. The first-order chi connectivity index (χ1) is 8.42. The minimum absolute atomic E-state index is 0.758. The highest BCUT2D eigenvalue weighted by Gasteiger charge is 2.32. The zero-order chi connectivity index (χ0) is 11.2. The Bertz CT molecular complexity index is 588. The van der Waals surface area contributed by atoms with Crippen LogP contribution in [0.3, 0.4) is 0 Å². The van der Waals surface area contributed by atoms with Gasteiger partial charge in [-0.3, -0.25) is 0 Å². The molecule has 17 heavy (non-hydrogen) atoms. The number of rotatable bonds is 1. The lowest BCUT2D eigenvalue weighted by atomic mass is 9.82. The lowest BCUT2D eigenvalue weighted by Gasteiger charge is -2.34. The van der Waals surface area contributed by atoms with Crippen molar-refractivity contribution in [3.63, 3.8) is 0 Å². The van der Waals surface area contributed by atoms with Crippen LogP contribution in [0.4, 0.5) is 0 Å². The van der Waals surface area contributed by atoms with Crippen LogP contribution in [0.25, 0.3) is 16.5 Å². The summed E-state index contributed by atoms with van der Waals surface area (Å²) in [6.45, 7) is 2.62. The second-order valence-electron chi connectivity index (χ2n) is 5.18. The lowest BCUT2D eigenvalue weighted by Crippen LogP contribution is -3.10. The topological polar surface area (TPSA) is 17.6 Å². The summed E-state index contributed by atoms with van der Waals surface area (Å²) in [6.07, 6.45) is 7.04. The molecule has 2 heteroatoms. The predicted molar refractivity (Wildman–Crippen MR) is 67.6 cm³/mol. The van der Waals surface area contributed by atoms with E-state index < -0.39 is 0 Å². The van der Waals surface area contributed by atoms with Gasteiger partial charge >= 0.3 is 0 Å². The molecular formula is C15H16NO+. The number of fused-ring (bicyclic) bond motifs is 3. The van der Waals surface area contributed by atoms with Gasteiger partial charge in [0.25, 0.3) is 0 Å². The van der Waals surface area contributed by atoms with E-state index in [4.69, 9.17) is 4.42 Å². The monoisotopic (exact) mass is 226 g/mol. The molecule has 0 unspecified atom stereocenters. The molecule has 0 radical (unpaired) electrons. The fourth-order valence-corrected chi connectivity index (χ4v) is 3.28. The largest absolute Gasteiger partial charge is 0.464 e. The molecule has 0 amide bonds. The van der Waals surface area contributed by atoms with Gasteiger partial charge < -0.3 is 9.32 Å². The van der Waals surface area contributed by atoms with E-state index in [1.807, 2.05) is 18.4 Å². The van der Waals surface area contributed by atoms with Crippen LogP contribution in [0.1, 0.15) is 18.4 Å². The van der Waals surface area contributed by atoms with Gasteiger partial charge in [0.15, 0.2) is 0 Å². The molecule has 0 atom stereocenters. The first kappa shape index (κ1) is 9.49. The summed E-state index contributed by atoms with van der Waals surface area (Å²) in [5.74, 6) is 0.758. The van der Waals surface area contributed by atoms with E-state index in [9.17, 15) is 0 Å². The summed E-state index contributed by atoms with van der Waals surface area (Å²) in [6, 6.07) is 8.34. The second kappa shape index (κ2) is 3.47. The van der Waals surface area contributed by atoms with E-state index in [0.29, 0.717) is 0 Å². The van der Waals surface area contributed by atoms with Crippen molar-refractivity contribution >= 4 is 16.5 Å². The molecule has 2 nitrogen and oxygen atoms in total. The highest BCUT2D eigenvalue weighted by Crippen LogP contribution is 2.35. The minimum Gasteiger partial charge on any atom is -0.464 e. The molecule has 86 valence electrons. The van der Waals surface area contributed by atoms with Crippen molar-refractivity contribution in [1.29, 1.82) is 0 Å². The highest BCUT2D eigenvalue weighted by atomic mass is 16.3. The predicted octanol–water partition coefficient (Wildman–Crippen LogP) is 2.08. The number of nitrogens with one attached hydrogen (secondary N) is 1. The molecule has 1 fully saturated rings. The maximum absolute atomic E-state index is 5.66. The number of benzene rings is 1. The van der Waals surface area contributed by atoms with E-state index in [1.165, 1.54) is 42.5 Å². The lowest BCUT2D eigenvalue weighted by molar-refractivity contribution is -0.856. The molecular weight excluding hydrogens is 210 g/mol. The average Bonchev–Trinajstić information content (AvgIpc) is 2.84. The van der Waals surface area contributed by atoms with Crippen LogP contribution in [-0.4, -0.2) is 13.1 Å². The van der Waals surface area contributed by atoms with Crippen LogP contribution in [0.2, 0.25) is 0 Å². The molecule has 3 aliphatic heterocycles. The molecule has 4 heterocycles. The Labute approximate surface area is 101 Å². The normalized spacial score (nSPS) is 27.4. The van der Waals surface area contributed by atoms with Crippen molar-refractivity contribution < 1.29 is 9.32 Å². The summed E-state index contributed by atoms with van der Waals surface area (Å²) in [4.78, 5) is 1.63. The third-order valence-electron chi connectivity index (χ3n) is 4.22. The summed E-state index contributed by atoms with van der Waals surface area (Å²) >= 11 is 0. The second-order valence-corrected chi connectivity index (χ2v) is 5.18. The Morgan fingerprint density at radius 2 is 1.94 bits per heavy atom. The van der Waals surface area contributed by atoms with Crippen LogP contribution in [0.5, 0.6) is 0 Å². The molecule has 5 rings (SSSR count). The Morgan fingerprint density at radius 3 is 2.71 bits per heavy atom. The third kappa shape index (κ3) is 1.37. The fraction of sp³-hybridized carbons (Fsp3) is 0.333. The molecule has 0 aliphatic carbocycles. The van der Waals surface area contributed by atoms with Crippen molar-refractivity contribution in [3.05, 3.63) is 42.3 Å². The zero-order valence-corrected chi connectivity index (χ0v) is 9.78. The van der Waals surface area contributed by atoms with Gasteiger partial charge in [-0.2, -0.15) is 0 Å². The maximum Gasteiger partial charge on any atom is 0.134 e. The van der Waals surface area contributed by atoms with E-state index in [2.05, 4.69) is 18.3 Å². The van der Waals surface area contributed by atoms with Crippen LogP contribution in [-0.2, 0) is 0 Å². The highest BCUT2D eigenvalue weighted by molar-refractivity contribution is 5.91. The van der Waals surface area contributed by atoms with Gasteiger partial charge in [0.05, 0.1) is 25.6 Å². The Kier molecular flexibility index (Phi) is 1.94. The number of furan rings is 1. The fourth-order valence-electron chi connectivity index (χ4n) is 3.28. The molecule has 3 aliphatic rings. The van der Waals surface area contributed by atoms with Crippen molar-refractivity contribution in [2.45, 2.75) is 12.8 Å². The van der Waals surface area contributed by atoms with Gasteiger partial charge in [-0.15, -0.1) is 0 Å². The van der Waals surface area contributed by atoms with Crippen LogP contribution < -0.4 is 4.90 Å². The molecule has 2 bridgehead atoms. The zero-order valence-electron chi connectivity index (χ0n) is 9.78. The third-order valence-corrected chi connectivity index (χ3v) is 4.22. The van der Waals surface area contributed by atoms with Crippen molar-refractivity contribution in [2.75, 3.05) is 13.1 Å². The quantitative estimate of drug-likeness (QED) is 0.788. The van der Waals surface area contributed by atoms with Crippen LogP contribution in [0, 0.1) is 5.92 Å².